The van der Waals surface area contributed by atoms with E-state index in [9.17, 15) is 29.1 Å². The molecule has 0 radical (unpaired) electrons. The Morgan fingerprint density at radius 2 is 1.65 bits per heavy atom. The number of nitrogens with two attached hydrogens (primary N) is 1. The standard InChI is InChI=1S/C40H63N5O7/c1-26(2)29-21-24-45(31(29)35(48)42-30(32(46)34(41)47)20-11-7-8-15-27-18-14-19-27)36(49)33(39(3,4)5)43-38(51)44-40(22-12-13-23-40)37(50)52-25-28-16-9-6-10-17-28/h6,9-10,16-17,26-27,29-31,33,38,43-44,51H,7-8,11-15,18-25H2,1-5H3,(H2,41,47)(H,42,48)/t29-,30?,31+,33-,38?/m1/s1. The SMILES string of the molecule is CC(C)[C@H]1CCN(C(=O)[C@@H](NC(O)NC2(C(=O)OCc3ccccc3)CCCC2)C(C)(C)C)[C@@H]1C(=O)NC(CCCCCC1CCC1)C(=O)C(N)=O. The number of nitrogens with one attached hydrogen (secondary N) is 3. The van der Waals surface area contributed by atoms with E-state index in [1.54, 1.807) is 4.90 Å². The first kappa shape index (κ1) is 41.4. The molecule has 12 nitrogen and oxygen atoms in total. The first-order valence-corrected chi connectivity index (χ1v) is 19.5. The maximum Gasteiger partial charge on any atom is 0.326 e. The smallest absolute Gasteiger partial charge is 0.326 e. The third-order valence-electron chi connectivity index (χ3n) is 11.5. The molecule has 3 fully saturated rings. The van der Waals surface area contributed by atoms with E-state index < -0.39 is 59.0 Å². The highest BCUT2D eigenvalue weighted by atomic mass is 16.5. The number of aliphatic hydroxyl groups is 1. The van der Waals surface area contributed by atoms with Crippen LogP contribution < -0.4 is 21.7 Å². The molecule has 3 amide bonds. The number of amides is 3. The number of rotatable bonds is 19. The van der Waals surface area contributed by atoms with Crippen LogP contribution in [0.2, 0.25) is 0 Å². The molecular weight excluding hydrogens is 662 g/mol. The van der Waals surface area contributed by atoms with Gasteiger partial charge in [0.1, 0.15) is 18.2 Å². The number of Topliss-reactive ketones (excluding diaryl/α,β-unsaturated/α-hetero) is 1. The molecule has 0 bridgehead atoms. The van der Waals surface area contributed by atoms with Gasteiger partial charge in [0.2, 0.25) is 17.6 Å². The van der Waals surface area contributed by atoms with Gasteiger partial charge in [0.15, 0.2) is 6.35 Å². The zero-order valence-electron chi connectivity index (χ0n) is 32.0. The lowest BCUT2D eigenvalue weighted by molar-refractivity contribution is -0.155. The van der Waals surface area contributed by atoms with Crippen molar-refractivity contribution < 1.29 is 33.8 Å². The van der Waals surface area contributed by atoms with Gasteiger partial charge in [-0.05, 0) is 54.4 Å². The van der Waals surface area contributed by atoms with Crippen LogP contribution in [-0.2, 0) is 35.3 Å². The van der Waals surface area contributed by atoms with Crippen LogP contribution in [0.5, 0.6) is 0 Å². The summed E-state index contributed by atoms with van der Waals surface area (Å²) >= 11 is 0. The summed E-state index contributed by atoms with van der Waals surface area (Å²) < 4.78 is 5.70. The number of likely N-dealkylation sites (tertiary alicyclic amines) is 1. The van der Waals surface area contributed by atoms with E-state index >= 15 is 0 Å². The van der Waals surface area contributed by atoms with E-state index in [0.29, 0.717) is 38.6 Å². The van der Waals surface area contributed by atoms with E-state index in [1.165, 1.54) is 19.3 Å². The normalized spacial score (nSPS) is 22.0. The second-order valence-corrected chi connectivity index (χ2v) is 16.8. The van der Waals surface area contributed by atoms with E-state index in [-0.39, 0.29) is 24.3 Å². The van der Waals surface area contributed by atoms with Crippen LogP contribution in [0.15, 0.2) is 30.3 Å². The Morgan fingerprint density at radius 3 is 2.23 bits per heavy atom. The molecule has 12 heteroatoms. The molecule has 1 aromatic carbocycles. The molecule has 0 aromatic heterocycles. The second kappa shape index (κ2) is 18.6. The highest BCUT2D eigenvalue weighted by Gasteiger charge is 2.49. The monoisotopic (exact) mass is 725 g/mol. The van der Waals surface area contributed by atoms with E-state index in [4.69, 9.17) is 10.5 Å². The lowest BCUT2D eigenvalue weighted by Gasteiger charge is -2.39. The highest BCUT2D eigenvalue weighted by molar-refractivity contribution is 6.37. The number of aliphatic hydroxyl groups excluding tert-OH is 1. The summed E-state index contributed by atoms with van der Waals surface area (Å²) in [5.74, 6) is -2.62. The van der Waals surface area contributed by atoms with Crippen molar-refractivity contribution >= 4 is 29.5 Å². The maximum atomic E-state index is 14.5. The number of benzene rings is 1. The Hall–Kier alpha value is -3.35. The van der Waals surface area contributed by atoms with Gasteiger partial charge in [-0.25, -0.2) is 0 Å². The summed E-state index contributed by atoms with van der Waals surface area (Å²) in [4.78, 5) is 68.5. The molecular formula is C40H63N5O7. The van der Waals surface area contributed by atoms with Crippen molar-refractivity contribution in [2.45, 2.75) is 155 Å². The van der Waals surface area contributed by atoms with E-state index in [2.05, 4.69) is 16.0 Å². The predicted octanol–water partition coefficient (Wildman–Crippen LogP) is 4.08. The quantitative estimate of drug-likeness (QED) is 0.0608. The Morgan fingerprint density at radius 1 is 0.981 bits per heavy atom. The van der Waals surface area contributed by atoms with Crippen LogP contribution >= 0.6 is 0 Å². The molecule has 6 N–H and O–H groups in total. The molecule has 3 aliphatic rings. The summed E-state index contributed by atoms with van der Waals surface area (Å²) in [6.07, 6.45) is 9.54. The van der Waals surface area contributed by atoms with E-state index in [0.717, 1.165) is 43.6 Å². The minimum atomic E-state index is -1.44. The summed E-state index contributed by atoms with van der Waals surface area (Å²) in [7, 11) is 0. The number of esters is 1. The predicted molar refractivity (Wildman–Crippen MR) is 198 cm³/mol. The Bertz CT molecular complexity index is 1370. The molecule has 1 heterocycles. The van der Waals surface area contributed by atoms with Gasteiger partial charge in [-0.15, -0.1) is 0 Å². The number of ketones is 1. The number of hydrogen-bond donors (Lipinski definition) is 5. The summed E-state index contributed by atoms with van der Waals surface area (Å²) in [6.45, 7) is 10.0. The highest BCUT2D eigenvalue weighted by Crippen LogP contribution is 2.35. The van der Waals surface area contributed by atoms with Crippen LogP contribution in [0.1, 0.15) is 124 Å². The Labute approximate surface area is 309 Å². The number of carbonyl (C=O) groups is 5. The summed E-state index contributed by atoms with van der Waals surface area (Å²) in [6, 6.07) is 6.49. The molecule has 2 aliphatic carbocycles. The Kier molecular flexibility index (Phi) is 14.8. The third-order valence-corrected chi connectivity index (χ3v) is 11.5. The topological polar surface area (TPSA) is 180 Å². The van der Waals surface area contributed by atoms with Crippen LogP contribution in [0.25, 0.3) is 0 Å². The average Bonchev–Trinajstić information content (AvgIpc) is 3.74. The van der Waals surface area contributed by atoms with Crippen molar-refractivity contribution in [2.24, 2.45) is 28.9 Å². The van der Waals surface area contributed by atoms with Gasteiger partial charge in [0, 0.05) is 6.54 Å². The minimum Gasteiger partial charge on any atom is -0.459 e. The van der Waals surface area contributed by atoms with Crippen LogP contribution in [0.4, 0.5) is 0 Å². The van der Waals surface area contributed by atoms with Gasteiger partial charge in [-0.3, -0.25) is 34.6 Å². The fourth-order valence-electron chi connectivity index (χ4n) is 8.10. The van der Waals surface area contributed by atoms with Crippen molar-refractivity contribution in [2.75, 3.05) is 6.54 Å². The lowest BCUT2D eigenvalue weighted by atomic mass is 9.81. The van der Waals surface area contributed by atoms with Gasteiger partial charge in [-0.2, -0.15) is 0 Å². The van der Waals surface area contributed by atoms with Crippen LogP contribution in [0.3, 0.4) is 0 Å². The molecule has 0 spiro atoms. The van der Waals surface area contributed by atoms with Crippen molar-refractivity contribution in [3.05, 3.63) is 35.9 Å². The molecule has 1 aromatic rings. The van der Waals surface area contributed by atoms with Crippen molar-refractivity contribution in [3.8, 4) is 0 Å². The zero-order chi connectivity index (χ0) is 38.1. The molecule has 1 aliphatic heterocycles. The largest absolute Gasteiger partial charge is 0.459 e. The number of nitrogens with zero attached hydrogens (tertiary/aromatic N) is 1. The first-order chi connectivity index (χ1) is 24.6. The minimum absolute atomic E-state index is 0.0442. The van der Waals surface area contributed by atoms with Crippen LogP contribution in [-0.4, -0.2) is 76.0 Å². The maximum absolute atomic E-state index is 14.5. The van der Waals surface area contributed by atoms with Gasteiger partial charge in [0.05, 0.1) is 12.1 Å². The molecule has 52 heavy (non-hydrogen) atoms. The summed E-state index contributed by atoms with van der Waals surface area (Å²) in [5, 5.41) is 20.3. The number of unbranched alkanes of at least 4 members (excludes halogenated alkanes) is 2. The molecule has 5 atom stereocenters. The lowest BCUT2D eigenvalue weighted by Crippen LogP contribution is -2.65. The van der Waals surface area contributed by atoms with Crippen molar-refractivity contribution in [1.82, 2.24) is 20.9 Å². The van der Waals surface area contributed by atoms with Gasteiger partial charge in [0.25, 0.3) is 5.91 Å². The van der Waals surface area contributed by atoms with Crippen molar-refractivity contribution in [3.63, 3.8) is 0 Å². The Balaban J connectivity index is 1.45. The molecule has 2 saturated carbocycles. The van der Waals surface area contributed by atoms with Gasteiger partial charge in [-0.1, -0.05) is 123 Å². The number of primary amides is 1. The van der Waals surface area contributed by atoms with Gasteiger partial charge >= 0.3 is 5.97 Å². The number of ether oxygens (including phenoxy) is 1. The van der Waals surface area contributed by atoms with Crippen LogP contribution in [0, 0.1) is 23.2 Å². The molecule has 290 valence electrons. The molecule has 1 saturated heterocycles. The zero-order valence-corrected chi connectivity index (χ0v) is 32.0. The second-order valence-electron chi connectivity index (χ2n) is 16.8. The molecule has 4 rings (SSSR count). The van der Waals surface area contributed by atoms with Gasteiger partial charge < -0.3 is 25.8 Å². The summed E-state index contributed by atoms with van der Waals surface area (Å²) in [5.41, 5.74) is 4.43. The van der Waals surface area contributed by atoms with E-state index in [1.807, 2.05) is 65.0 Å². The fraction of sp³-hybridized carbons (Fsp3) is 0.725. The fourth-order valence-corrected chi connectivity index (χ4v) is 8.10. The third kappa shape index (κ3) is 10.9. The molecule has 2 unspecified atom stereocenters. The average molecular weight is 726 g/mol. The number of hydrogen-bond acceptors (Lipinski definition) is 9. The first-order valence-electron chi connectivity index (χ1n) is 19.5. The number of carbonyl (C=O) groups excluding carboxylic acids is 5. The van der Waals surface area contributed by atoms with Crippen molar-refractivity contribution in [1.29, 1.82) is 0 Å².